The predicted molar refractivity (Wildman–Crippen MR) is 78.3 cm³/mol. The van der Waals surface area contributed by atoms with Gasteiger partial charge in [0.15, 0.2) is 5.16 Å². The van der Waals surface area contributed by atoms with Crippen LogP contribution in [0.1, 0.15) is 5.69 Å². The molecule has 2 rings (SSSR count). The fourth-order valence-electron chi connectivity index (χ4n) is 1.33. The monoisotopic (exact) mass is 392 g/mol. The average molecular weight is 393 g/mol. The molecule has 0 radical (unpaired) electrons. The molecule has 0 saturated carbocycles. The molecule has 0 bridgehead atoms. The summed E-state index contributed by atoms with van der Waals surface area (Å²) in [4.78, 5) is 22.7. The lowest BCUT2D eigenvalue weighted by Crippen LogP contribution is -2.15. The Kier molecular flexibility index (Phi) is 5.35. The van der Waals surface area contributed by atoms with Gasteiger partial charge in [-0.05, 0) is 34.1 Å². The van der Waals surface area contributed by atoms with Gasteiger partial charge in [0, 0.05) is 16.9 Å². The quantitative estimate of drug-likeness (QED) is 0.637. The summed E-state index contributed by atoms with van der Waals surface area (Å²) in [6.45, 7) is 0. The number of pyridine rings is 1. The highest BCUT2D eigenvalue weighted by molar-refractivity contribution is 9.10. The van der Waals surface area contributed by atoms with Gasteiger partial charge in [-0.1, -0.05) is 11.8 Å². The number of aromatic nitrogens is 3. The molecule has 0 atom stereocenters. The topological polar surface area (TPSA) is 67.8 Å². The van der Waals surface area contributed by atoms with Crippen LogP contribution in [-0.2, 0) is 11.0 Å². The number of hydrogen-bond donors (Lipinski definition) is 1. The molecule has 0 aliphatic rings. The number of hydrogen-bond acceptors (Lipinski definition) is 5. The fourth-order valence-corrected chi connectivity index (χ4v) is 2.19. The Hall–Kier alpha value is -1.68. The molecule has 10 heteroatoms. The Morgan fingerprint density at radius 3 is 2.68 bits per heavy atom. The molecule has 0 fully saturated rings. The lowest BCUT2D eigenvalue weighted by molar-refractivity contribution is -0.141. The number of carbonyl (C=O) groups is 1. The van der Waals surface area contributed by atoms with Crippen LogP contribution in [0, 0.1) is 0 Å². The molecule has 1 amide bonds. The molecule has 116 valence electrons. The van der Waals surface area contributed by atoms with Gasteiger partial charge in [-0.15, -0.1) is 0 Å². The molecule has 0 aliphatic carbocycles. The number of nitrogens with zero attached hydrogens (tertiary/aromatic N) is 3. The first-order valence-corrected chi connectivity index (χ1v) is 7.57. The highest BCUT2D eigenvalue weighted by atomic mass is 79.9. The van der Waals surface area contributed by atoms with Crippen molar-refractivity contribution in [3.8, 4) is 0 Å². The summed E-state index contributed by atoms with van der Waals surface area (Å²) >= 11 is 4.02. The van der Waals surface area contributed by atoms with Crippen molar-refractivity contribution in [3.63, 3.8) is 0 Å². The van der Waals surface area contributed by atoms with Crippen molar-refractivity contribution in [2.24, 2.45) is 0 Å². The second-order valence-corrected chi connectivity index (χ2v) is 5.78. The first kappa shape index (κ1) is 16.7. The molecule has 0 saturated heterocycles. The van der Waals surface area contributed by atoms with Crippen molar-refractivity contribution >= 4 is 39.4 Å². The van der Waals surface area contributed by atoms with E-state index in [1.54, 1.807) is 12.1 Å². The van der Waals surface area contributed by atoms with E-state index in [-0.39, 0.29) is 10.9 Å². The van der Waals surface area contributed by atoms with E-state index in [1.165, 1.54) is 6.20 Å². The van der Waals surface area contributed by atoms with Crippen LogP contribution in [-0.4, -0.2) is 26.6 Å². The normalized spacial score (nSPS) is 11.3. The van der Waals surface area contributed by atoms with E-state index in [0.29, 0.717) is 5.82 Å². The van der Waals surface area contributed by atoms with Gasteiger partial charge >= 0.3 is 6.18 Å². The van der Waals surface area contributed by atoms with E-state index in [9.17, 15) is 18.0 Å². The zero-order chi connectivity index (χ0) is 16.2. The summed E-state index contributed by atoms with van der Waals surface area (Å²) in [7, 11) is 0. The van der Waals surface area contributed by atoms with Gasteiger partial charge < -0.3 is 5.32 Å². The number of anilines is 1. The highest BCUT2D eigenvalue weighted by Gasteiger charge is 2.32. The first-order valence-electron chi connectivity index (χ1n) is 5.79. The maximum absolute atomic E-state index is 12.5. The molecular weight excluding hydrogens is 385 g/mol. The van der Waals surface area contributed by atoms with Crippen LogP contribution in [0.2, 0.25) is 0 Å². The van der Waals surface area contributed by atoms with Gasteiger partial charge in [0.25, 0.3) is 0 Å². The number of halogens is 4. The van der Waals surface area contributed by atoms with Crippen LogP contribution in [0.3, 0.4) is 0 Å². The number of amides is 1. The lowest BCUT2D eigenvalue weighted by Gasteiger charge is -2.07. The smallest absolute Gasteiger partial charge is 0.310 e. The third kappa shape index (κ3) is 4.95. The van der Waals surface area contributed by atoms with Crippen LogP contribution < -0.4 is 5.32 Å². The standard InChI is InChI=1S/C12H8BrF3N4OS/c13-7-1-2-9(18-5-7)20-10(21)6-22-11-17-4-3-8(19-11)12(14,15)16/h1-5H,6H2,(H,18,20,21). The molecule has 0 unspecified atom stereocenters. The van der Waals surface area contributed by atoms with Gasteiger partial charge in [0.1, 0.15) is 11.5 Å². The number of rotatable bonds is 4. The third-order valence-electron chi connectivity index (χ3n) is 2.25. The number of thioether (sulfide) groups is 1. The van der Waals surface area contributed by atoms with Gasteiger partial charge in [-0.3, -0.25) is 4.79 Å². The Bertz CT molecular complexity index is 666. The van der Waals surface area contributed by atoms with E-state index in [4.69, 9.17) is 0 Å². The summed E-state index contributed by atoms with van der Waals surface area (Å²) < 4.78 is 38.2. The molecule has 2 aromatic rings. The van der Waals surface area contributed by atoms with Crippen LogP contribution >= 0.6 is 27.7 Å². The minimum atomic E-state index is -4.54. The molecule has 2 heterocycles. The SMILES string of the molecule is O=C(CSc1nccc(C(F)(F)F)n1)Nc1ccc(Br)cn1. The van der Waals surface area contributed by atoms with Crippen molar-refractivity contribution in [3.05, 3.63) is 40.8 Å². The van der Waals surface area contributed by atoms with Crippen molar-refractivity contribution in [1.29, 1.82) is 0 Å². The number of nitrogens with one attached hydrogen (secondary N) is 1. The zero-order valence-corrected chi connectivity index (χ0v) is 13.2. The van der Waals surface area contributed by atoms with Crippen LogP contribution in [0.15, 0.2) is 40.2 Å². The van der Waals surface area contributed by atoms with Crippen molar-refractivity contribution < 1.29 is 18.0 Å². The molecule has 22 heavy (non-hydrogen) atoms. The highest BCUT2D eigenvalue weighted by Crippen LogP contribution is 2.28. The summed E-state index contributed by atoms with van der Waals surface area (Å²) in [5, 5.41) is 2.40. The first-order chi connectivity index (χ1) is 10.3. The Morgan fingerprint density at radius 2 is 2.05 bits per heavy atom. The second-order valence-electron chi connectivity index (χ2n) is 3.92. The average Bonchev–Trinajstić information content (AvgIpc) is 2.47. The Labute approximate surface area is 135 Å². The maximum atomic E-state index is 12.5. The van der Waals surface area contributed by atoms with E-state index in [1.807, 2.05) is 0 Å². The van der Waals surface area contributed by atoms with Crippen molar-refractivity contribution in [2.45, 2.75) is 11.3 Å². The van der Waals surface area contributed by atoms with Crippen molar-refractivity contribution in [1.82, 2.24) is 15.0 Å². The summed E-state index contributed by atoms with van der Waals surface area (Å²) in [6.07, 6.45) is -2.02. The molecule has 0 aromatic carbocycles. The minimum Gasteiger partial charge on any atom is -0.310 e. The third-order valence-corrected chi connectivity index (χ3v) is 3.58. The lowest BCUT2D eigenvalue weighted by atomic mass is 10.4. The largest absolute Gasteiger partial charge is 0.433 e. The van der Waals surface area contributed by atoms with E-state index < -0.39 is 17.8 Å². The van der Waals surface area contributed by atoms with E-state index in [2.05, 4.69) is 36.2 Å². The summed E-state index contributed by atoms with van der Waals surface area (Å²) in [5.41, 5.74) is -1.04. The molecule has 0 aliphatic heterocycles. The Balaban J connectivity index is 1.92. The Morgan fingerprint density at radius 1 is 1.27 bits per heavy atom. The van der Waals surface area contributed by atoms with E-state index >= 15 is 0 Å². The number of carbonyl (C=O) groups excluding carboxylic acids is 1. The van der Waals surface area contributed by atoms with Gasteiger partial charge in [0.05, 0.1) is 5.75 Å². The molecular formula is C12H8BrF3N4OS. The van der Waals surface area contributed by atoms with E-state index in [0.717, 1.165) is 28.5 Å². The molecule has 0 spiro atoms. The van der Waals surface area contributed by atoms with Crippen molar-refractivity contribution in [2.75, 3.05) is 11.1 Å². The fraction of sp³-hybridized carbons (Fsp3) is 0.167. The maximum Gasteiger partial charge on any atom is 0.433 e. The molecule has 1 N–H and O–H groups in total. The minimum absolute atomic E-state index is 0.117. The predicted octanol–water partition coefficient (Wildman–Crippen LogP) is 3.38. The van der Waals surface area contributed by atoms with Crippen LogP contribution in [0.5, 0.6) is 0 Å². The second kappa shape index (κ2) is 7.05. The van der Waals surface area contributed by atoms with Gasteiger partial charge in [-0.25, -0.2) is 15.0 Å². The summed E-state index contributed by atoms with van der Waals surface area (Å²) in [6, 6.07) is 4.06. The summed E-state index contributed by atoms with van der Waals surface area (Å²) in [5.74, 6) is -0.196. The number of alkyl halides is 3. The van der Waals surface area contributed by atoms with Crippen LogP contribution in [0.4, 0.5) is 19.0 Å². The van der Waals surface area contributed by atoms with Gasteiger partial charge in [-0.2, -0.15) is 13.2 Å². The zero-order valence-electron chi connectivity index (χ0n) is 10.8. The van der Waals surface area contributed by atoms with Gasteiger partial charge in [0.2, 0.25) is 5.91 Å². The molecule has 5 nitrogen and oxygen atoms in total. The molecule has 2 aromatic heterocycles. The van der Waals surface area contributed by atoms with Crippen LogP contribution in [0.25, 0.3) is 0 Å².